The molecule has 2 aromatic rings. The predicted octanol–water partition coefficient (Wildman–Crippen LogP) is 5.68. The van der Waals surface area contributed by atoms with Crippen molar-refractivity contribution >= 4 is 50.5 Å². The van der Waals surface area contributed by atoms with Gasteiger partial charge in [-0.1, -0.05) is 34.4 Å². The van der Waals surface area contributed by atoms with Crippen molar-refractivity contribution in [2.45, 2.75) is 49.9 Å². The summed E-state index contributed by atoms with van der Waals surface area (Å²) in [4.78, 5) is 29.9. The van der Waals surface area contributed by atoms with E-state index in [4.69, 9.17) is 33.3 Å². The zero-order valence-corrected chi connectivity index (χ0v) is 23.6. The van der Waals surface area contributed by atoms with Crippen molar-refractivity contribution < 1.29 is 31.8 Å². The molecule has 0 saturated heterocycles. The van der Waals surface area contributed by atoms with Crippen LogP contribution in [0.1, 0.15) is 52.7 Å². The Morgan fingerprint density at radius 2 is 1.85 bits per heavy atom. The number of hydrogen-bond acceptors (Lipinski definition) is 6. The normalized spacial score (nSPS) is 20.9. The molecule has 1 fully saturated rings. The number of rotatable bonds is 7. The highest BCUT2D eigenvalue weighted by atomic mass is 35.5. The first-order chi connectivity index (χ1) is 18.6. The first-order valence-electron chi connectivity index (χ1n) is 11.9. The van der Waals surface area contributed by atoms with E-state index in [0.717, 1.165) is 12.1 Å². The first-order valence-corrected chi connectivity index (χ1v) is 14.8. The maximum absolute atomic E-state index is 14.3. The summed E-state index contributed by atoms with van der Waals surface area (Å²) in [6.07, 6.45) is -3.34. The number of oxime groups is 1. The third kappa shape index (κ3) is 6.27. The minimum atomic E-state index is -4.86. The van der Waals surface area contributed by atoms with Gasteiger partial charge in [0.05, 0.1) is 21.5 Å². The van der Waals surface area contributed by atoms with Crippen LogP contribution in [0.25, 0.3) is 0 Å². The molecule has 1 aliphatic carbocycles. The van der Waals surface area contributed by atoms with Crippen LogP contribution in [0.2, 0.25) is 10.0 Å². The van der Waals surface area contributed by atoms with Crippen LogP contribution in [0.3, 0.4) is 0 Å². The smallest absolute Gasteiger partial charge is 0.374 e. The summed E-state index contributed by atoms with van der Waals surface area (Å²) in [5, 5.41) is 15.4. The number of aryl methyl sites for hydroxylation is 1. The Balaban J connectivity index is 1.50. The molecule has 2 amide bonds. The molecule has 1 saturated carbocycles. The molecule has 14 heteroatoms. The second-order valence-electron chi connectivity index (χ2n) is 9.87. The fourth-order valence-electron chi connectivity index (χ4n) is 4.20. The maximum atomic E-state index is 14.3. The Morgan fingerprint density at radius 1 is 1.20 bits per heavy atom. The molecular weight excluding hydrogens is 592 g/mol. The van der Waals surface area contributed by atoms with Crippen molar-refractivity contribution in [2.75, 3.05) is 12.0 Å². The van der Waals surface area contributed by atoms with Crippen molar-refractivity contribution in [1.29, 1.82) is 5.26 Å². The van der Waals surface area contributed by atoms with Gasteiger partial charge in [-0.25, -0.2) is 4.21 Å². The molecule has 40 heavy (non-hydrogen) atoms. The monoisotopic (exact) mass is 614 g/mol. The Hall–Kier alpha value is -3.14. The molecule has 2 aromatic carbocycles. The van der Waals surface area contributed by atoms with E-state index in [9.17, 15) is 27.0 Å². The number of halogens is 5. The van der Waals surface area contributed by atoms with Gasteiger partial charge in [-0.15, -0.1) is 0 Å². The van der Waals surface area contributed by atoms with Crippen LogP contribution in [-0.2, 0) is 25.0 Å². The van der Waals surface area contributed by atoms with Gasteiger partial charge in [-0.3, -0.25) is 9.59 Å². The summed E-state index contributed by atoms with van der Waals surface area (Å²) in [6.45, 7) is 1.55. The summed E-state index contributed by atoms with van der Waals surface area (Å²) in [5.74, 6) is -1.44. The summed E-state index contributed by atoms with van der Waals surface area (Å²) in [5.41, 5.74) is -3.23. The first kappa shape index (κ1) is 29.8. The van der Waals surface area contributed by atoms with Crippen molar-refractivity contribution in [3.63, 3.8) is 0 Å². The average Bonchev–Trinajstić information content (AvgIpc) is 3.45. The maximum Gasteiger partial charge on any atom is 0.435 e. The van der Waals surface area contributed by atoms with E-state index in [1.54, 1.807) is 6.92 Å². The molecule has 1 heterocycles. The van der Waals surface area contributed by atoms with Crippen LogP contribution in [0.4, 0.5) is 13.2 Å². The molecule has 0 spiro atoms. The molecule has 0 bridgehead atoms. The Bertz CT molecular complexity index is 1570. The number of alkyl halides is 3. The third-order valence-corrected chi connectivity index (χ3v) is 8.58. The Labute approximate surface area is 238 Å². The van der Waals surface area contributed by atoms with Gasteiger partial charge in [0.2, 0.25) is 5.91 Å². The zero-order chi connectivity index (χ0) is 29.5. The number of nitriles is 1. The van der Waals surface area contributed by atoms with Gasteiger partial charge in [0.25, 0.3) is 11.5 Å². The molecule has 0 aromatic heterocycles. The molecule has 212 valence electrons. The molecule has 2 aliphatic rings. The SMILES string of the molecule is Cc1cc(C2=NOC(c3cc(Cl)cc(Cl)c3)(C(F)(F)F)C2)ccc1C(=O)N=S(C)(=O)CCC(=O)NC1(C#N)CC1. The van der Waals surface area contributed by atoms with Crippen LogP contribution in [0.5, 0.6) is 0 Å². The van der Waals surface area contributed by atoms with Gasteiger partial charge in [0, 0.05) is 46.0 Å². The molecule has 0 radical (unpaired) electrons. The Kier molecular flexibility index (Phi) is 7.97. The van der Waals surface area contributed by atoms with Crippen molar-refractivity contribution in [1.82, 2.24) is 5.32 Å². The zero-order valence-electron chi connectivity index (χ0n) is 21.3. The lowest BCUT2D eigenvalue weighted by molar-refractivity contribution is -0.275. The van der Waals surface area contributed by atoms with Gasteiger partial charge in [0.15, 0.2) is 0 Å². The van der Waals surface area contributed by atoms with Gasteiger partial charge >= 0.3 is 6.18 Å². The van der Waals surface area contributed by atoms with E-state index in [1.807, 2.05) is 6.07 Å². The van der Waals surface area contributed by atoms with E-state index in [-0.39, 0.29) is 44.6 Å². The van der Waals surface area contributed by atoms with Crippen LogP contribution in [0.15, 0.2) is 45.9 Å². The van der Waals surface area contributed by atoms with E-state index in [1.165, 1.54) is 30.5 Å². The molecule has 8 nitrogen and oxygen atoms in total. The quantitative estimate of drug-likeness (QED) is 0.430. The second kappa shape index (κ2) is 10.7. The molecule has 1 N–H and O–H groups in total. The minimum Gasteiger partial charge on any atom is -0.374 e. The third-order valence-electron chi connectivity index (χ3n) is 6.63. The topological polar surface area (TPSA) is 121 Å². The van der Waals surface area contributed by atoms with Crippen molar-refractivity contribution in [3.05, 3.63) is 68.7 Å². The highest BCUT2D eigenvalue weighted by Crippen LogP contribution is 2.49. The summed E-state index contributed by atoms with van der Waals surface area (Å²) >= 11 is 11.9. The summed E-state index contributed by atoms with van der Waals surface area (Å²) in [7, 11) is -3.09. The summed E-state index contributed by atoms with van der Waals surface area (Å²) < 4.78 is 59.5. The largest absolute Gasteiger partial charge is 0.435 e. The van der Waals surface area contributed by atoms with Crippen molar-refractivity contribution in [3.8, 4) is 6.07 Å². The number of hydrogen-bond donors (Lipinski definition) is 1. The number of carbonyl (C=O) groups excluding carboxylic acids is 2. The van der Waals surface area contributed by atoms with Crippen LogP contribution >= 0.6 is 23.2 Å². The lowest BCUT2D eigenvalue weighted by Crippen LogP contribution is -2.42. The number of nitrogens with one attached hydrogen (secondary N) is 1. The molecular formula is C26H23Cl2F3N4O4S. The molecule has 2 atom stereocenters. The number of amides is 2. The molecule has 1 aliphatic heterocycles. The van der Waals surface area contributed by atoms with Crippen LogP contribution < -0.4 is 5.32 Å². The van der Waals surface area contributed by atoms with Gasteiger partial charge < -0.3 is 10.2 Å². The molecule has 4 rings (SSSR count). The predicted molar refractivity (Wildman–Crippen MR) is 144 cm³/mol. The second-order valence-corrected chi connectivity index (χ2v) is 13.3. The van der Waals surface area contributed by atoms with Crippen LogP contribution in [0, 0.1) is 18.3 Å². The van der Waals surface area contributed by atoms with E-state index < -0.39 is 45.3 Å². The van der Waals surface area contributed by atoms with Gasteiger partial charge in [0.1, 0.15) is 5.54 Å². The number of benzene rings is 2. The number of carbonyl (C=O) groups is 2. The summed E-state index contributed by atoms with van der Waals surface area (Å²) in [6, 6.07) is 9.79. The number of nitrogens with zero attached hydrogens (tertiary/aromatic N) is 3. The van der Waals surface area contributed by atoms with Gasteiger partial charge in [-0.2, -0.15) is 22.8 Å². The highest BCUT2D eigenvalue weighted by molar-refractivity contribution is 7.93. The fraction of sp³-hybridized carbons (Fsp3) is 0.385. The Morgan fingerprint density at radius 3 is 2.40 bits per heavy atom. The lowest BCUT2D eigenvalue weighted by Gasteiger charge is -2.29. The highest BCUT2D eigenvalue weighted by Gasteiger charge is 2.62. The lowest BCUT2D eigenvalue weighted by atomic mass is 9.86. The minimum absolute atomic E-state index is 0.00719. The van der Waals surface area contributed by atoms with E-state index in [0.29, 0.717) is 18.4 Å². The standard InChI is InChI=1S/C26H23Cl2F3N4O4S/c1-15-9-16(21-13-25(39-34-21,26(29,30)31)17-10-18(27)12-19(28)11-17)3-4-20(15)23(37)35-40(2,38)8-5-22(36)33-24(14-32)6-7-24/h3-4,9-12H,5-8,13H2,1-2H3,(H,33,36). The molecule has 2 unspecified atom stereocenters. The average molecular weight is 615 g/mol. The van der Waals surface area contributed by atoms with Crippen LogP contribution in [-0.4, -0.2) is 45.5 Å². The van der Waals surface area contributed by atoms with Gasteiger partial charge in [-0.05, 0) is 61.2 Å². The van der Waals surface area contributed by atoms with E-state index in [2.05, 4.69) is 14.8 Å². The van der Waals surface area contributed by atoms with E-state index >= 15 is 0 Å². The van der Waals surface area contributed by atoms with Crippen molar-refractivity contribution in [2.24, 2.45) is 9.52 Å². The fourth-order valence-corrected chi connectivity index (χ4v) is 5.83.